The van der Waals surface area contributed by atoms with E-state index >= 15 is 0 Å². The fourth-order valence-electron chi connectivity index (χ4n) is 2.45. The highest BCUT2D eigenvalue weighted by Gasteiger charge is 2.29. The number of benzene rings is 1. The van der Waals surface area contributed by atoms with E-state index in [-0.39, 0.29) is 36.3 Å². The molecule has 21 heavy (non-hydrogen) atoms. The van der Waals surface area contributed by atoms with Crippen LogP contribution in [0, 0.1) is 12.7 Å². The first-order chi connectivity index (χ1) is 9.60. The van der Waals surface area contributed by atoms with E-state index in [1.807, 2.05) is 6.92 Å². The molecule has 2 atom stereocenters. The van der Waals surface area contributed by atoms with Gasteiger partial charge in [-0.15, -0.1) is 12.4 Å². The summed E-state index contributed by atoms with van der Waals surface area (Å²) >= 11 is 0. The predicted octanol–water partition coefficient (Wildman–Crippen LogP) is 1.72. The number of rotatable bonds is 5. The predicted molar refractivity (Wildman–Crippen MR) is 82.0 cm³/mol. The Morgan fingerprint density at radius 3 is 2.86 bits per heavy atom. The average Bonchev–Trinajstić information content (AvgIpc) is 2.90. The Bertz CT molecular complexity index is 485. The van der Waals surface area contributed by atoms with Gasteiger partial charge in [-0.2, -0.15) is 0 Å². The van der Waals surface area contributed by atoms with E-state index in [9.17, 15) is 9.18 Å². The molecule has 1 heterocycles. The molecular weight excluding hydrogens is 295 g/mol. The molecule has 3 N–H and O–H groups in total. The van der Waals surface area contributed by atoms with Crippen LogP contribution in [0.25, 0.3) is 0 Å². The van der Waals surface area contributed by atoms with E-state index in [1.165, 1.54) is 12.1 Å². The number of carbonyl (C=O) groups excluding carboxylic acids is 1. The van der Waals surface area contributed by atoms with Crippen molar-refractivity contribution in [1.82, 2.24) is 5.32 Å². The van der Waals surface area contributed by atoms with Crippen LogP contribution in [0.4, 0.5) is 4.39 Å². The van der Waals surface area contributed by atoms with Crippen LogP contribution in [-0.2, 0) is 16.0 Å². The van der Waals surface area contributed by atoms with Gasteiger partial charge in [0, 0.05) is 13.1 Å². The number of carbonyl (C=O) groups is 1. The average molecular weight is 317 g/mol. The van der Waals surface area contributed by atoms with Gasteiger partial charge in [-0.3, -0.25) is 4.79 Å². The third-order valence-corrected chi connectivity index (χ3v) is 3.66. The number of amides is 1. The molecule has 4 nitrogen and oxygen atoms in total. The van der Waals surface area contributed by atoms with Crippen LogP contribution in [0.2, 0.25) is 0 Å². The van der Waals surface area contributed by atoms with Crippen LogP contribution in [0.1, 0.15) is 24.0 Å². The maximum atomic E-state index is 13.0. The summed E-state index contributed by atoms with van der Waals surface area (Å²) in [7, 11) is 0. The second kappa shape index (κ2) is 8.32. The normalized spacial score (nSPS) is 20.9. The van der Waals surface area contributed by atoms with Crippen molar-refractivity contribution in [2.24, 2.45) is 5.73 Å². The van der Waals surface area contributed by atoms with Gasteiger partial charge >= 0.3 is 0 Å². The van der Waals surface area contributed by atoms with Crippen LogP contribution in [-0.4, -0.2) is 31.2 Å². The minimum absolute atomic E-state index is 0. The number of aryl methyl sites for hydroxylation is 1. The van der Waals surface area contributed by atoms with E-state index in [2.05, 4.69) is 5.32 Å². The molecule has 6 heteroatoms. The number of halogens is 2. The van der Waals surface area contributed by atoms with E-state index in [4.69, 9.17) is 10.5 Å². The standard InChI is InChI=1S/C15H21FN2O2.ClH/c1-10-8-12(16)3-2-11(10)6-7-18-15(19)14-5-4-13(9-17)20-14;/h2-3,8,13-14H,4-7,9,17H2,1H3,(H,18,19);1H/t13-,14+;/m1./s1. The molecule has 118 valence electrons. The van der Waals surface area contributed by atoms with Gasteiger partial charge in [-0.1, -0.05) is 6.07 Å². The van der Waals surface area contributed by atoms with Crippen LogP contribution in [0.3, 0.4) is 0 Å². The van der Waals surface area contributed by atoms with Crippen molar-refractivity contribution in [2.45, 2.75) is 38.4 Å². The van der Waals surface area contributed by atoms with E-state index in [1.54, 1.807) is 6.07 Å². The molecule has 1 amide bonds. The van der Waals surface area contributed by atoms with Crippen molar-refractivity contribution in [3.8, 4) is 0 Å². The highest BCUT2D eigenvalue weighted by molar-refractivity contribution is 5.85. The summed E-state index contributed by atoms with van der Waals surface area (Å²) in [6.07, 6.45) is 1.88. The maximum absolute atomic E-state index is 13.0. The van der Waals surface area contributed by atoms with E-state index < -0.39 is 0 Å². The molecule has 0 bridgehead atoms. The van der Waals surface area contributed by atoms with E-state index in [0.717, 1.165) is 24.0 Å². The van der Waals surface area contributed by atoms with Crippen molar-refractivity contribution < 1.29 is 13.9 Å². The summed E-state index contributed by atoms with van der Waals surface area (Å²) in [6, 6.07) is 4.70. The molecule has 0 spiro atoms. The molecule has 0 aromatic heterocycles. The fraction of sp³-hybridized carbons (Fsp3) is 0.533. The zero-order chi connectivity index (χ0) is 14.5. The Morgan fingerprint density at radius 2 is 2.24 bits per heavy atom. The first kappa shape index (κ1) is 17.9. The lowest BCUT2D eigenvalue weighted by Crippen LogP contribution is -2.36. The maximum Gasteiger partial charge on any atom is 0.249 e. The minimum atomic E-state index is -0.377. The van der Waals surface area contributed by atoms with Gasteiger partial charge in [0.1, 0.15) is 11.9 Å². The van der Waals surface area contributed by atoms with Crippen molar-refractivity contribution in [3.05, 3.63) is 35.1 Å². The molecule has 1 aliphatic rings. The fourth-order valence-corrected chi connectivity index (χ4v) is 2.45. The molecule has 0 unspecified atom stereocenters. The van der Waals surface area contributed by atoms with Crippen molar-refractivity contribution >= 4 is 18.3 Å². The number of hydrogen-bond donors (Lipinski definition) is 2. The van der Waals surface area contributed by atoms with Gasteiger partial charge in [0.15, 0.2) is 0 Å². The lowest BCUT2D eigenvalue weighted by molar-refractivity contribution is -0.131. The molecule has 1 aromatic rings. The van der Waals surface area contributed by atoms with Crippen LogP contribution in [0.5, 0.6) is 0 Å². The van der Waals surface area contributed by atoms with Crippen molar-refractivity contribution in [1.29, 1.82) is 0 Å². The summed E-state index contributed by atoms with van der Waals surface area (Å²) in [6.45, 7) is 2.85. The van der Waals surface area contributed by atoms with Gasteiger partial charge < -0.3 is 15.8 Å². The third-order valence-electron chi connectivity index (χ3n) is 3.66. The number of ether oxygens (including phenoxy) is 1. The Labute approximate surface area is 130 Å². The number of hydrogen-bond acceptors (Lipinski definition) is 3. The molecule has 1 saturated heterocycles. The summed E-state index contributed by atoms with van der Waals surface area (Å²) < 4.78 is 18.5. The zero-order valence-electron chi connectivity index (χ0n) is 12.1. The largest absolute Gasteiger partial charge is 0.364 e. The summed E-state index contributed by atoms with van der Waals surface area (Å²) in [5.41, 5.74) is 7.46. The lowest BCUT2D eigenvalue weighted by atomic mass is 10.1. The molecule has 0 aliphatic carbocycles. The van der Waals surface area contributed by atoms with Crippen LogP contribution >= 0.6 is 12.4 Å². The Balaban J connectivity index is 0.00000220. The smallest absolute Gasteiger partial charge is 0.249 e. The molecular formula is C15H22ClFN2O2. The van der Waals surface area contributed by atoms with Gasteiger partial charge in [0.2, 0.25) is 5.91 Å². The van der Waals surface area contributed by atoms with Crippen molar-refractivity contribution in [3.63, 3.8) is 0 Å². The summed E-state index contributed by atoms with van der Waals surface area (Å²) in [5, 5.41) is 2.86. The number of nitrogens with two attached hydrogens (primary N) is 1. The second-order valence-corrected chi connectivity index (χ2v) is 5.17. The molecule has 1 aromatic carbocycles. The number of nitrogens with one attached hydrogen (secondary N) is 1. The monoisotopic (exact) mass is 316 g/mol. The van der Waals surface area contributed by atoms with Crippen LogP contribution < -0.4 is 11.1 Å². The highest BCUT2D eigenvalue weighted by Crippen LogP contribution is 2.18. The van der Waals surface area contributed by atoms with Crippen molar-refractivity contribution in [2.75, 3.05) is 13.1 Å². The Morgan fingerprint density at radius 1 is 1.48 bits per heavy atom. The molecule has 0 saturated carbocycles. The SMILES string of the molecule is Cc1cc(F)ccc1CCNC(=O)[C@@H]1CC[C@H](CN)O1.Cl. The third kappa shape index (κ3) is 4.95. The van der Waals surface area contributed by atoms with Gasteiger partial charge in [0.25, 0.3) is 0 Å². The second-order valence-electron chi connectivity index (χ2n) is 5.17. The van der Waals surface area contributed by atoms with Gasteiger partial charge in [-0.25, -0.2) is 4.39 Å². The highest BCUT2D eigenvalue weighted by atomic mass is 35.5. The first-order valence-electron chi connectivity index (χ1n) is 6.98. The summed E-state index contributed by atoms with van der Waals surface area (Å²) in [5.74, 6) is -0.316. The minimum Gasteiger partial charge on any atom is -0.364 e. The summed E-state index contributed by atoms with van der Waals surface area (Å²) in [4.78, 5) is 11.9. The van der Waals surface area contributed by atoms with Crippen LogP contribution in [0.15, 0.2) is 18.2 Å². The molecule has 1 fully saturated rings. The van der Waals surface area contributed by atoms with E-state index in [0.29, 0.717) is 19.5 Å². The Hall–Kier alpha value is -1.17. The van der Waals surface area contributed by atoms with Gasteiger partial charge in [0.05, 0.1) is 6.10 Å². The molecule has 1 aliphatic heterocycles. The first-order valence-corrected chi connectivity index (χ1v) is 6.98. The zero-order valence-corrected chi connectivity index (χ0v) is 12.9. The molecule has 2 rings (SSSR count). The Kier molecular flexibility index (Phi) is 7.08. The topological polar surface area (TPSA) is 64.4 Å². The molecule has 0 radical (unpaired) electrons. The lowest BCUT2D eigenvalue weighted by Gasteiger charge is -2.13. The van der Waals surface area contributed by atoms with Gasteiger partial charge in [-0.05, 0) is 49.4 Å². The quantitative estimate of drug-likeness (QED) is 0.869.